The van der Waals surface area contributed by atoms with E-state index in [4.69, 9.17) is 0 Å². The van der Waals surface area contributed by atoms with E-state index in [9.17, 15) is 53.1 Å². The largest absolute Gasteiger partial charge is 0.390 e. The summed E-state index contributed by atoms with van der Waals surface area (Å²) in [5, 5.41) is 22.7. The molecular formula is C60H107N11O13. The second kappa shape index (κ2) is 34.1. The fourth-order valence-electron chi connectivity index (χ4n) is 10.5. The summed E-state index contributed by atoms with van der Waals surface area (Å²) in [7, 11) is 9.69. The van der Waals surface area contributed by atoms with E-state index in [1.165, 1.54) is 94.6 Å². The molecule has 24 nitrogen and oxygen atoms in total. The lowest BCUT2D eigenvalue weighted by Crippen LogP contribution is -2.63. The van der Waals surface area contributed by atoms with Gasteiger partial charge in [0, 0.05) is 55.8 Å². The van der Waals surface area contributed by atoms with Crippen molar-refractivity contribution in [2.24, 2.45) is 41.4 Å². The second-order valence-corrected chi connectivity index (χ2v) is 25.7. The van der Waals surface area contributed by atoms with E-state index in [2.05, 4.69) is 21.3 Å². The molecule has 0 aromatic carbocycles. The van der Waals surface area contributed by atoms with E-state index >= 15 is 9.59 Å². The van der Waals surface area contributed by atoms with Crippen molar-refractivity contribution < 1.29 is 62.6 Å². The van der Waals surface area contributed by atoms with E-state index in [0.717, 1.165) is 9.80 Å². The lowest BCUT2D eigenvalue weighted by molar-refractivity contribution is -0.157. The number of likely N-dealkylation sites (N-methyl/N-ethyl adjacent to an activating group) is 7. The highest BCUT2D eigenvalue weighted by atomic mass is 16.3. The smallest absolute Gasteiger partial charge is 0.246 e. The number of nitrogens with zero attached hydrogens (tertiary/aromatic N) is 7. The molecule has 11 amide bonds. The lowest BCUT2D eigenvalue weighted by atomic mass is 9.92. The van der Waals surface area contributed by atoms with Crippen LogP contribution in [0.5, 0.6) is 0 Å². The first-order valence-electron chi connectivity index (χ1n) is 29.9. The quantitative estimate of drug-likeness (QED) is 0.147. The van der Waals surface area contributed by atoms with Crippen LogP contribution in [0.25, 0.3) is 0 Å². The zero-order valence-corrected chi connectivity index (χ0v) is 54.9. The van der Waals surface area contributed by atoms with Crippen molar-refractivity contribution in [3.05, 3.63) is 0 Å². The monoisotopic (exact) mass is 1190 g/mol. The van der Waals surface area contributed by atoms with Gasteiger partial charge in [0.1, 0.15) is 66.7 Å². The van der Waals surface area contributed by atoms with Crippen LogP contribution in [-0.2, 0) is 57.5 Å². The Morgan fingerprint density at radius 3 is 1.30 bits per heavy atom. The van der Waals surface area contributed by atoms with Gasteiger partial charge in [0.05, 0.1) is 12.6 Å². The van der Waals surface area contributed by atoms with Crippen molar-refractivity contribution in [2.45, 2.75) is 216 Å². The highest BCUT2D eigenvalue weighted by Gasteiger charge is 2.46. The van der Waals surface area contributed by atoms with Gasteiger partial charge in [-0.15, -0.1) is 0 Å². The van der Waals surface area contributed by atoms with Gasteiger partial charge in [0.15, 0.2) is 0 Å². The van der Waals surface area contributed by atoms with Gasteiger partial charge in [0.2, 0.25) is 65.0 Å². The minimum Gasteiger partial charge on any atom is -0.390 e. The summed E-state index contributed by atoms with van der Waals surface area (Å²) in [5.74, 6) is -10.5. The Hall–Kier alpha value is -6.20. The Morgan fingerprint density at radius 2 is 0.857 bits per heavy atom. The number of carbonyl (C=O) groups is 12. The maximum atomic E-state index is 15.0. The summed E-state index contributed by atoms with van der Waals surface area (Å²) < 4.78 is 0. The Bertz CT molecular complexity index is 2290. The molecule has 1 heterocycles. The molecule has 0 saturated carbocycles. The van der Waals surface area contributed by atoms with Gasteiger partial charge in [0.25, 0.3) is 0 Å². The molecule has 1 fully saturated rings. The van der Waals surface area contributed by atoms with Crippen molar-refractivity contribution >= 4 is 71.3 Å². The van der Waals surface area contributed by atoms with Crippen molar-refractivity contribution in [3.8, 4) is 0 Å². The van der Waals surface area contributed by atoms with E-state index in [0.29, 0.717) is 6.29 Å². The molecule has 1 aliphatic heterocycles. The lowest BCUT2D eigenvalue weighted by Gasteiger charge is -2.41. The number of hydrogen-bond donors (Lipinski definition) is 5. The maximum Gasteiger partial charge on any atom is 0.246 e. The maximum absolute atomic E-state index is 15.0. The Balaban J connectivity index is 4.30. The SMILES string of the molecule is CC[C@@H]1NC(=O)[C@H]([C@H](O)[C@H](C)CC=O)N(C)C(=O)[C@H](C(C)C)N(C)C(=O)[C@H](CC(C)C)N(C)C(=O)[C@H](CC(C)C)N(C)C(=O)[C@@H](C)NC(=O)[C@H](C)NC(=O)[C@H](CC(C)C)N(C)C(=O)[C@H](C(C)C)NC(=O)[C@H](CC(C)C)N(C)C(=O)CN(C)C1=O. The van der Waals surface area contributed by atoms with Crippen LogP contribution in [-0.4, -0.2) is 233 Å². The Labute approximate surface area is 501 Å². The van der Waals surface area contributed by atoms with Gasteiger partial charge < -0.3 is 65.5 Å². The third kappa shape index (κ3) is 20.8. The Morgan fingerprint density at radius 1 is 0.452 bits per heavy atom. The third-order valence-electron chi connectivity index (χ3n) is 15.8. The molecule has 0 aromatic heterocycles. The van der Waals surface area contributed by atoms with Crippen LogP contribution in [0.2, 0.25) is 0 Å². The molecular weight excluding hydrogens is 1080 g/mol. The number of amides is 11. The van der Waals surface area contributed by atoms with Crippen LogP contribution >= 0.6 is 0 Å². The highest BCUT2D eigenvalue weighted by molar-refractivity contribution is 5.99. The number of rotatable bonds is 15. The summed E-state index contributed by atoms with van der Waals surface area (Å²) >= 11 is 0. The zero-order chi connectivity index (χ0) is 65.3. The molecule has 5 N–H and O–H groups in total. The molecule has 84 heavy (non-hydrogen) atoms. The first-order chi connectivity index (χ1) is 38.7. The average Bonchev–Trinajstić information content (AvgIpc) is 2.71. The van der Waals surface area contributed by atoms with Gasteiger partial charge in [-0.05, 0) is 87.4 Å². The van der Waals surface area contributed by atoms with Crippen molar-refractivity contribution in [2.75, 3.05) is 55.9 Å². The summed E-state index contributed by atoms with van der Waals surface area (Å²) in [6, 6.07) is -12.7. The number of nitrogens with one attached hydrogen (secondary N) is 4. The molecule has 0 aliphatic carbocycles. The molecule has 480 valence electrons. The van der Waals surface area contributed by atoms with Gasteiger partial charge in [-0.2, -0.15) is 0 Å². The number of hydrogen-bond acceptors (Lipinski definition) is 13. The molecule has 1 saturated heterocycles. The molecule has 24 heteroatoms. The van der Waals surface area contributed by atoms with Crippen LogP contribution in [0.3, 0.4) is 0 Å². The van der Waals surface area contributed by atoms with Crippen LogP contribution < -0.4 is 21.3 Å². The molecule has 0 radical (unpaired) electrons. The predicted molar refractivity (Wildman–Crippen MR) is 320 cm³/mol. The summed E-state index contributed by atoms with van der Waals surface area (Å²) in [6.07, 6.45) is -0.815. The summed E-state index contributed by atoms with van der Waals surface area (Å²) in [6.45, 7) is 27.0. The number of aliphatic hydroxyl groups is 1. The molecule has 1 aliphatic rings. The summed E-state index contributed by atoms with van der Waals surface area (Å²) in [5.41, 5.74) is 0. The molecule has 0 aromatic rings. The van der Waals surface area contributed by atoms with E-state index in [1.807, 2.05) is 55.4 Å². The molecule has 12 atom stereocenters. The van der Waals surface area contributed by atoms with Crippen LogP contribution in [0.1, 0.15) is 149 Å². The molecule has 0 unspecified atom stereocenters. The van der Waals surface area contributed by atoms with Gasteiger partial charge in [-0.1, -0.05) is 96.9 Å². The number of aliphatic hydroxyl groups excluding tert-OH is 1. The first kappa shape index (κ1) is 75.8. The number of carbonyl (C=O) groups excluding carboxylic acids is 12. The van der Waals surface area contributed by atoms with E-state index in [1.54, 1.807) is 34.6 Å². The van der Waals surface area contributed by atoms with Crippen LogP contribution in [0, 0.1) is 41.4 Å². The standard InChI is InChI=1S/C60H107N11O13/c1-24-41-56(80)65(17)31-46(73)66(18)42(27-32(2)3)53(77)64-47(36(10)11)59(83)67(19)43(28-33(4)5)52(76)61-39(15)51(75)62-40(16)55(79)68(20)44(29-34(6)7)57(81)69(21)45(30-35(8)9)58(82)70(22)48(37(12)13)60(84)71(23)49(54(78)63-41)50(74)38(14)25-26-72/h26,32-45,47-50,74H,24-25,27-31H2,1-23H3,(H,61,76)(H,62,75)(H,63,78)(H,64,77)/t38-,39+,40-,41+,42+,43+,44+,45+,47+,48+,49+,50-/m1/s1. The predicted octanol–water partition coefficient (Wildman–Crippen LogP) is 1.89. The van der Waals surface area contributed by atoms with Crippen molar-refractivity contribution in [1.82, 2.24) is 55.6 Å². The Kier molecular flexibility index (Phi) is 30.8. The minimum atomic E-state index is -1.74. The number of aldehydes is 1. The van der Waals surface area contributed by atoms with Gasteiger partial charge in [-0.3, -0.25) is 52.7 Å². The van der Waals surface area contributed by atoms with E-state index in [-0.39, 0.29) is 62.2 Å². The van der Waals surface area contributed by atoms with Crippen LogP contribution in [0.15, 0.2) is 0 Å². The van der Waals surface area contributed by atoms with Crippen molar-refractivity contribution in [1.29, 1.82) is 0 Å². The summed E-state index contributed by atoms with van der Waals surface area (Å²) in [4.78, 5) is 179. The van der Waals surface area contributed by atoms with Crippen LogP contribution in [0.4, 0.5) is 0 Å². The van der Waals surface area contributed by atoms with Gasteiger partial charge >= 0.3 is 0 Å². The fourth-order valence-corrected chi connectivity index (χ4v) is 10.5. The normalized spacial score (nSPS) is 26.9. The third-order valence-corrected chi connectivity index (χ3v) is 15.8. The molecule has 0 spiro atoms. The van der Waals surface area contributed by atoms with E-state index < -0.39 is 156 Å². The average molecular weight is 1190 g/mol. The molecule has 1 rings (SSSR count). The fraction of sp³-hybridized carbons (Fsp3) is 0.800. The topological polar surface area (TPSA) is 296 Å². The minimum absolute atomic E-state index is 0.0230. The zero-order valence-electron chi connectivity index (χ0n) is 54.9. The second-order valence-electron chi connectivity index (χ2n) is 25.7. The highest BCUT2D eigenvalue weighted by Crippen LogP contribution is 2.25. The molecule has 0 bridgehead atoms. The first-order valence-corrected chi connectivity index (χ1v) is 29.9. The van der Waals surface area contributed by atoms with Crippen molar-refractivity contribution in [3.63, 3.8) is 0 Å². The van der Waals surface area contributed by atoms with Gasteiger partial charge in [-0.25, -0.2) is 0 Å².